The Morgan fingerprint density at radius 3 is 2.28 bits per heavy atom. The SMILES string of the molecule is C=CCOc1ccc(C(=O)N2CCN(c3ccc(O)cc3)CC2)cc1. The zero-order valence-corrected chi connectivity index (χ0v) is 14.1. The van der Waals surface area contributed by atoms with E-state index in [9.17, 15) is 9.90 Å². The molecule has 0 radical (unpaired) electrons. The van der Waals surface area contributed by atoms with Crippen LogP contribution in [-0.4, -0.2) is 48.7 Å². The third-order valence-electron chi connectivity index (χ3n) is 4.25. The second kappa shape index (κ2) is 7.75. The fraction of sp³-hybridized carbons (Fsp3) is 0.250. The van der Waals surface area contributed by atoms with Gasteiger partial charge in [0.25, 0.3) is 5.91 Å². The van der Waals surface area contributed by atoms with E-state index in [0.717, 1.165) is 24.5 Å². The first-order valence-corrected chi connectivity index (χ1v) is 8.34. The summed E-state index contributed by atoms with van der Waals surface area (Å²) in [5.41, 5.74) is 1.73. The van der Waals surface area contributed by atoms with Crippen LogP contribution in [0, 0.1) is 0 Å². The molecule has 0 spiro atoms. The van der Waals surface area contributed by atoms with Crippen LogP contribution in [0.1, 0.15) is 10.4 Å². The standard InChI is InChI=1S/C20H22N2O3/c1-2-15-25-19-9-3-16(4-10-19)20(24)22-13-11-21(12-14-22)17-5-7-18(23)8-6-17/h2-10,23H,1,11-15H2. The molecule has 3 rings (SSSR count). The number of phenols is 1. The van der Waals surface area contributed by atoms with E-state index in [4.69, 9.17) is 4.74 Å². The quantitative estimate of drug-likeness (QED) is 0.852. The predicted molar refractivity (Wildman–Crippen MR) is 98.4 cm³/mol. The highest BCUT2D eigenvalue weighted by molar-refractivity contribution is 5.94. The molecule has 1 amide bonds. The number of anilines is 1. The Morgan fingerprint density at radius 1 is 1.04 bits per heavy atom. The molecule has 0 saturated carbocycles. The Hall–Kier alpha value is -2.95. The maximum absolute atomic E-state index is 12.6. The van der Waals surface area contributed by atoms with Crippen molar-refractivity contribution < 1.29 is 14.6 Å². The van der Waals surface area contributed by atoms with E-state index in [0.29, 0.717) is 25.3 Å². The lowest BCUT2D eigenvalue weighted by molar-refractivity contribution is 0.0747. The molecule has 1 aliphatic rings. The van der Waals surface area contributed by atoms with E-state index in [1.165, 1.54) is 0 Å². The molecule has 2 aromatic rings. The summed E-state index contributed by atoms with van der Waals surface area (Å²) in [6.45, 7) is 6.96. The van der Waals surface area contributed by atoms with Gasteiger partial charge in [-0.05, 0) is 48.5 Å². The average Bonchev–Trinajstić information content (AvgIpc) is 2.67. The first kappa shape index (κ1) is 16.9. The van der Waals surface area contributed by atoms with E-state index in [2.05, 4.69) is 11.5 Å². The summed E-state index contributed by atoms with van der Waals surface area (Å²) in [6, 6.07) is 14.4. The van der Waals surface area contributed by atoms with Gasteiger partial charge in [0.2, 0.25) is 0 Å². The molecule has 5 heteroatoms. The summed E-state index contributed by atoms with van der Waals surface area (Å²) in [7, 11) is 0. The zero-order valence-electron chi connectivity index (χ0n) is 14.1. The van der Waals surface area contributed by atoms with E-state index in [-0.39, 0.29) is 11.7 Å². The second-order valence-electron chi connectivity index (χ2n) is 5.92. The molecule has 1 N–H and O–H groups in total. The molecule has 25 heavy (non-hydrogen) atoms. The van der Waals surface area contributed by atoms with Crippen LogP contribution in [-0.2, 0) is 0 Å². The summed E-state index contributed by atoms with van der Waals surface area (Å²) in [6.07, 6.45) is 1.69. The van der Waals surface area contributed by atoms with Gasteiger partial charge in [-0.25, -0.2) is 0 Å². The molecule has 1 aliphatic heterocycles. The number of amides is 1. The van der Waals surface area contributed by atoms with Crippen molar-refractivity contribution in [3.63, 3.8) is 0 Å². The van der Waals surface area contributed by atoms with Crippen molar-refractivity contribution in [2.75, 3.05) is 37.7 Å². The number of aromatic hydroxyl groups is 1. The van der Waals surface area contributed by atoms with Crippen LogP contribution in [0.3, 0.4) is 0 Å². The first-order valence-electron chi connectivity index (χ1n) is 8.34. The van der Waals surface area contributed by atoms with E-state index < -0.39 is 0 Å². The zero-order chi connectivity index (χ0) is 17.6. The van der Waals surface area contributed by atoms with Crippen LogP contribution in [0.15, 0.2) is 61.2 Å². The Bertz CT molecular complexity index is 718. The summed E-state index contributed by atoms with van der Waals surface area (Å²) in [5.74, 6) is 1.03. The Labute approximate surface area is 147 Å². The van der Waals surface area contributed by atoms with E-state index in [1.807, 2.05) is 29.2 Å². The average molecular weight is 338 g/mol. The van der Waals surface area contributed by atoms with Gasteiger partial charge >= 0.3 is 0 Å². The third kappa shape index (κ3) is 4.12. The molecular formula is C20H22N2O3. The topological polar surface area (TPSA) is 53.0 Å². The van der Waals surface area contributed by atoms with Crippen molar-refractivity contribution >= 4 is 11.6 Å². The highest BCUT2D eigenvalue weighted by Gasteiger charge is 2.22. The lowest BCUT2D eigenvalue weighted by atomic mass is 10.1. The Kier molecular flexibility index (Phi) is 5.23. The van der Waals surface area contributed by atoms with Gasteiger partial charge in [-0.3, -0.25) is 4.79 Å². The van der Waals surface area contributed by atoms with Crippen molar-refractivity contribution in [2.24, 2.45) is 0 Å². The molecular weight excluding hydrogens is 316 g/mol. The number of phenolic OH excluding ortho intramolecular Hbond substituents is 1. The number of hydrogen-bond donors (Lipinski definition) is 1. The molecule has 1 fully saturated rings. The van der Waals surface area contributed by atoms with Gasteiger partial charge < -0.3 is 19.6 Å². The maximum Gasteiger partial charge on any atom is 0.253 e. The molecule has 0 aliphatic carbocycles. The molecule has 2 aromatic carbocycles. The molecule has 0 aromatic heterocycles. The smallest absolute Gasteiger partial charge is 0.253 e. The number of carbonyl (C=O) groups excluding carboxylic acids is 1. The fourth-order valence-corrected chi connectivity index (χ4v) is 2.86. The number of ether oxygens (including phenoxy) is 1. The number of nitrogens with zero attached hydrogens (tertiary/aromatic N) is 2. The minimum Gasteiger partial charge on any atom is -0.508 e. The Morgan fingerprint density at radius 2 is 1.68 bits per heavy atom. The predicted octanol–water partition coefficient (Wildman–Crippen LogP) is 2.92. The van der Waals surface area contributed by atoms with Gasteiger partial charge in [0.05, 0.1) is 0 Å². The highest BCUT2D eigenvalue weighted by Crippen LogP contribution is 2.21. The number of rotatable bonds is 5. The molecule has 130 valence electrons. The van der Waals surface area contributed by atoms with Crippen LogP contribution in [0.4, 0.5) is 5.69 Å². The minimum absolute atomic E-state index is 0.0422. The van der Waals surface area contributed by atoms with Gasteiger partial charge in [-0.1, -0.05) is 12.7 Å². The van der Waals surface area contributed by atoms with Crippen LogP contribution in [0.5, 0.6) is 11.5 Å². The summed E-state index contributed by atoms with van der Waals surface area (Å²) in [5, 5.41) is 9.38. The summed E-state index contributed by atoms with van der Waals surface area (Å²) < 4.78 is 5.44. The monoisotopic (exact) mass is 338 g/mol. The number of benzene rings is 2. The van der Waals surface area contributed by atoms with Gasteiger partial charge in [-0.2, -0.15) is 0 Å². The minimum atomic E-state index is 0.0422. The third-order valence-corrected chi connectivity index (χ3v) is 4.25. The van der Waals surface area contributed by atoms with Crippen molar-refractivity contribution in [3.05, 3.63) is 66.7 Å². The number of piperazine rings is 1. The van der Waals surface area contributed by atoms with Gasteiger partial charge in [0.1, 0.15) is 18.1 Å². The number of carbonyl (C=O) groups is 1. The van der Waals surface area contributed by atoms with Crippen molar-refractivity contribution in [1.82, 2.24) is 4.90 Å². The van der Waals surface area contributed by atoms with E-state index >= 15 is 0 Å². The lowest BCUT2D eigenvalue weighted by Crippen LogP contribution is -2.48. The normalized spacial score (nSPS) is 14.2. The summed E-state index contributed by atoms with van der Waals surface area (Å²) >= 11 is 0. The van der Waals surface area contributed by atoms with Crippen molar-refractivity contribution in [3.8, 4) is 11.5 Å². The van der Waals surface area contributed by atoms with Gasteiger partial charge in [0, 0.05) is 37.4 Å². The molecule has 1 heterocycles. The van der Waals surface area contributed by atoms with Crippen LogP contribution in [0.2, 0.25) is 0 Å². The second-order valence-corrected chi connectivity index (χ2v) is 5.92. The Balaban J connectivity index is 1.57. The van der Waals surface area contributed by atoms with E-state index in [1.54, 1.807) is 30.3 Å². The first-order chi connectivity index (χ1) is 12.2. The largest absolute Gasteiger partial charge is 0.508 e. The van der Waals surface area contributed by atoms with Crippen LogP contribution >= 0.6 is 0 Å². The maximum atomic E-state index is 12.6. The number of hydrogen-bond acceptors (Lipinski definition) is 4. The molecule has 0 atom stereocenters. The molecule has 0 bridgehead atoms. The van der Waals surface area contributed by atoms with Gasteiger partial charge in [-0.15, -0.1) is 0 Å². The molecule has 5 nitrogen and oxygen atoms in total. The fourth-order valence-electron chi connectivity index (χ4n) is 2.86. The molecule has 0 unspecified atom stereocenters. The van der Waals surface area contributed by atoms with Gasteiger partial charge in [0.15, 0.2) is 0 Å². The van der Waals surface area contributed by atoms with Crippen molar-refractivity contribution in [2.45, 2.75) is 0 Å². The molecule has 1 saturated heterocycles. The van der Waals surface area contributed by atoms with Crippen molar-refractivity contribution in [1.29, 1.82) is 0 Å². The summed E-state index contributed by atoms with van der Waals surface area (Å²) in [4.78, 5) is 16.7. The highest BCUT2D eigenvalue weighted by atomic mass is 16.5. The lowest BCUT2D eigenvalue weighted by Gasteiger charge is -2.36. The van der Waals surface area contributed by atoms with Crippen LogP contribution in [0.25, 0.3) is 0 Å². The van der Waals surface area contributed by atoms with Crippen LogP contribution < -0.4 is 9.64 Å².